The minimum Gasteiger partial charge on any atom is -0.341 e. The van der Waals surface area contributed by atoms with Gasteiger partial charge in [0.15, 0.2) is 0 Å². The molecule has 0 unspecified atom stereocenters. The smallest absolute Gasteiger partial charge is 0.121 e. The highest BCUT2D eigenvalue weighted by Crippen LogP contribution is 2.26. The molecule has 0 bridgehead atoms. The van der Waals surface area contributed by atoms with E-state index in [1.807, 2.05) is 42.5 Å². The average molecular weight is 406 g/mol. The lowest BCUT2D eigenvalue weighted by Crippen LogP contribution is -2.30. The summed E-state index contributed by atoms with van der Waals surface area (Å²) in [6, 6.07) is 24.7. The van der Waals surface area contributed by atoms with Crippen molar-refractivity contribution in [1.82, 2.24) is 24.8 Å². The zero-order valence-corrected chi connectivity index (χ0v) is 17.0. The van der Waals surface area contributed by atoms with Crippen molar-refractivity contribution in [1.29, 1.82) is 0 Å². The Hall–Kier alpha value is -3.77. The van der Waals surface area contributed by atoms with E-state index in [4.69, 9.17) is 15.0 Å². The van der Waals surface area contributed by atoms with Crippen LogP contribution in [0.15, 0.2) is 77.8 Å². The highest BCUT2D eigenvalue weighted by Gasteiger charge is 2.19. The number of aromatic nitrogens is 4. The van der Waals surface area contributed by atoms with Gasteiger partial charge in [0.25, 0.3) is 0 Å². The van der Waals surface area contributed by atoms with Crippen molar-refractivity contribution in [3.8, 4) is 0 Å². The van der Waals surface area contributed by atoms with Gasteiger partial charge in [0, 0.05) is 18.7 Å². The normalized spacial score (nSPS) is 13.3. The lowest BCUT2D eigenvalue weighted by molar-refractivity contribution is 0.281. The van der Waals surface area contributed by atoms with E-state index in [0.717, 1.165) is 52.4 Å². The number of para-hydroxylation sites is 5. The number of aromatic amines is 2. The first-order valence-electron chi connectivity index (χ1n) is 10.5. The second-order valence-electron chi connectivity index (χ2n) is 8.03. The van der Waals surface area contributed by atoms with E-state index >= 15 is 0 Å². The maximum Gasteiger partial charge on any atom is 0.121 e. The minimum absolute atomic E-state index is 0.696. The Balaban J connectivity index is 1.28. The Labute approximate surface area is 179 Å². The summed E-state index contributed by atoms with van der Waals surface area (Å²) in [5.74, 6) is 1.90. The van der Waals surface area contributed by atoms with Crippen molar-refractivity contribution in [3.05, 3.63) is 90.0 Å². The summed E-state index contributed by atoms with van der Waals surface area (Å²) in [6.07, 6.45) is 0.896. The summed E-state index contributed by atoms with van der Waals surface area (Å²) < 4.78 is 0. The monoisotopic (exact) mass is 406 g/mol. The number of hydrogen-bond donors (Lipinski definition) is 2. The molecule has 0 fully saturated rings. The van der Waals surface area contributed by atoms with E-state index in [1.54, 1.807) is 0 Å². The SMILES string of the molecule is c1ccc2c(c1)CC(CN(Cc1nc3ccccc3[nH]1)Cc1nc3ccccc3[nH]1)=N2. The molecule has 3 heterocycles. The van der Waals surface area contributed by atoms with Crippen LogP contribution in [0.1, 0.15) is 17.2 Å². The number of fused-ring (bicyclic) bond motifs is 3. The van der Waals surface area contributed by atoms with Crippen molar-refractivity contribution in [2.75, 3.05) is 6.54 Å². The molecule has 31 heavy (non-hydrogen) atoms. The van der Waals surface area contributed by atoms with E-state index in [0.29, 0.717) is 13.1 Å². The molecule has 2 N–H and O–H groups in total. The minimum atomic E-state index is 0.696. The van der Waals surface area contributed by atoms with Crippen LogP contribution in [0.3, 0.4) is 0 Å². The lowest BCUT2D eigenvalue weighted by atomic mass is 10.1. The Morgan fingerprint density at radius 2 is 1.26 bits per heavy atom. The van der Waals surface area contributed by atoms with Gasteiger partial charge in [-0.15, -0.1) is 0 Å². The van der Waals surface area contributed by atoms with Gasteiger partial charge in [-0.1, -0.05) is 42.5 Å². The highest BCUT2D eigenvalue weighted by atomic mass is 15.2. The molecule has 0 amide bonds. The molecule has 0 aliphatic carbocycles. The summed E-state index contributed by atoms with van der Waals surface area (Å²) in [4.78, 5) is 23.7. The number of H-pyrrole nitrogens is 2. The predicted octanol–water partition coefficient (Wildman–Crippen LogP) is 4.77. The molecule has 152 valence electrons. The molecule has 0 saturated heterocycles. The molecule has 0 atom stereocenters. The Morgan fingerprint density at radius 1 is 0.677 bits per heavy atom. The average Bonchev–Trinajstić information content (AvgIpc) is 3.48. The van der Waals surface area contributed by atoms with Crippen molar-refractivity contribution >= 4 is 33.5 Å². The van der Waals surface area contributed by atoms with Gasteiger partial charge in [-0.2, -0.15) is 0 Å². The standard InChI is InChI=1S/C25H22N6/c1-2-8-19-17(7-1)13-18(26-19)14-31(15-24-27-20-9-3-4-10-21(20)28-24)16-25-29-22-11-5-6-12-23(22)30-25/h1-12H,13-16H2,(H,27,28)(H,29,30). The predicted molar refractivity (Wildman–Crippen MR) is 124 cm³/mol. The van der Waals surface area contributed by atoms with Crippen LogP contribution >= 0.6 is 0 Å². The Kier molecular flexibility index (Phi) is 4.35. The van der Waals surface area contributed by atoms with Crippen LogP contribution in [0.2, 0.25) is 0 Å². The van der Waals surface area contributed by atoms with Crippen LogP contribution in [0, 0.1) is 0 Å². The van der Waals surface area contributed by atoms with Gasteiger partial charge in [0.2, 0.25) is 0 Å². The molecule has 3 aromatic carbocycles. The maximum absolute atomic E-state index is 4.87. The molecule has 2 aromatic heterocycles. The van der Waals surface area contributed by atoms with Crippen molar-refractivity contribution in [2.45, 2.75) is 19.5 Å². The van der Waals surface area contributed by atoms with Gasteiger partial charge in [0.05, 0.1) is 40.8 Å². The third kappa shape index (κ3) is 3.62. The second kappa shape index (κ2) is 7.49. The molecule has 0 spiro atoms. The molecular formula is C25H22N6. The van der Waals surface area contributed by atoms with Gasteiger partial charge in [-0.05, 0) is 35.9 Å². The summed E-state index contributed by atoms with van der Waals surface area (Å²) in [5.41, 5.74) is 7.67. The number of aliphatic imine (C=N–C) groups is 1. The Bertz CT molecular complexity index is 1270. The fourth-order valence-corrected chi connectivity index (χ4v) is 4.30. The van der Waals surface area contributed by atoms with E-state index in [1.165, 1.54) is 11.3 Å². The van der Waals surface area contributed by atoms with Crippen molar-refractivity contribution in [3.63, 3.8) is 0 Å². The van der Waals surface area contributed by atoms with E-state index in [9.17, 15) is 0 Å². The topological polar surface area (TPSA) is 73.0 Å². The van der Waals surface area contributed by atoms with Crippen LogP contribution < -0.4 is 0 Å². The third-order valence-corrected chi connectivity index (χ3v) is 5.69. The van der Waals surface area contributed by atoms with Crippen molar-refractivity contribution < 1.29 is 0 Å². The summed E-state index contributed by atoms with van der Waals surface area (Å²) in [7, 11) is 0. The number of nitrogens with zero attached hydrogens (tertiary/aromatic N) is 4. The van der Waals surface area contributed by atoms with Crippen LogP contribution in [0.5, 0.6) is 0 Å². The summed E-state index contributed by atoms with van der Waals surface area (Å²) in [5, 5.41) is 0. The van der Waals surface area contributed by atoms with Crippen LogP contribution in [0.25, 0.3) is 22.1 Å². The maximum atomic E-state index is 4.87. The largest absolute Gasteiger partial charge is 0.341 e. The molecule has 6 rings (SSSR count). The number of rotatable bonds is 6. The lowest BCUT2D eigenvalue weighted by Gasteiger charge is -2.20. The first-order chi connectivity index (χ1) is 15.3. The number of nitrogens with one attached hydrogen (secondary N) is 2. The molecule has 6 nitrogen and oxygen atoms in total. The van der Waals surface area contributed by atoms with Gasteiger partial charge < -0.3 is 9.97 Å². The number of hydrogen-bond acceptors (Lipinski definition) is 4. The molecule has 1 aliphatic heterocycles. The van der Waals surface area contributed by atoms with Gasteiger partial charge in [-0.3, -0.25) is 9.89 Å². The number of benzene rings is 3. The zero-order chi connectivity index (χ0) is 20.6. The van der Waals surface area contributed by atoms with Gasteiger partial charge in [0.1, 0.15) is 11.6 Å². The third-order valence-electron chi connectivity index (χ3n) is 5.69. The molecule has 6 heteroatoms. The zero-order valence-electron chi connectivity index (χ0n) is 17.0. The van der Waals surface area contributed by atoms with Crippen molar-refractivity contribution in [2.24, 2.45) is 4.99 Å². The summed E-state index contributed by atoms with van der Waals surface area (Å²) in [6.45, 7) is 2.16. The molecular weight excluding hydrogens is 384 g/mol. The van der Waals surface area contributed by atoms with Gasteiger partial charge >= 0.3 is 0 Å². The first-order valence-corrected chi connectivity index (χ1v) is 10.5. The van der Waals surface area contributed by atoms with E-state index in [2.05, 4.69) is 45.2 Å². The van der Waals surface area contributed by atoms with Crippen LogP contribution in [-0.2, 0) is 19.5 Å². The fourth-order valence-electron chi connectivity index (χ4n) is 4.30. The van der Waals surface area contributed by atoms with Gasteiger partial charge in [-0.25, -0.2) is 9.97 Å². The molecule has 5 aromatic rings. The Morgan fingerprint density at radius 3 is 1.87 bits per heavy atom. The van der Waals surface area contributed by atoms with Crippen LogP contribution in [-0.4, -0.2) is 37.1 Å². The fraction of sp³-hybridized carbons (Fsp3) is 0.160. The molecule has 0 saturated carbocycles. The molecule has 0 radical (unpaired) electrons. The molecule has 1 aliphatic rings. The van der Waals surface area contributed by atoms with Crippen LogP contribution in [0.4, 0.5) is 5.69 Å². The quantitative estimate of drug-likeness (QED) is 0.427. The highest BCUT2D eigenvalue weighted by molar-refractivity contribution is 5.95. The first kappa shape index (κ1) is 18.0. The number of imidazole rings is 2. The summed E-state index contributed by atoms with van der Waals surface area (Å²) >= 11 is 0. The van der Waals surface area contributed by atoms with E-state index in [-0.39, 0.29) is 0 Å². The van der Waals surface area contributed by atoms with E-state index < -0.39 is 0 Å². The second-order valence-corrected chi connectivity index (χ2v) is 8.03.